The van der Waals surface area contributed by atoms with Crippen LogP contribution in [0.25, 0.3) is 16.0 Å². The first kappa shape index (κ1) is 26.2. The largest absolute Gasteiger partial charge is 0.416 e. The Labute approximate surface area is 114 Å². The third-order valence-corrected chi connectivity index (χ3v) is 1.13. The molecule has 0 unspecified atom stereocenters. The molecule has 1 radical (unpaired) electrons. The summed E-state index contributed by atoms with van der Waals surface area (Å²) in [5.41, 5.74) is 3.33. The molecule has 0 heterocycles. The molecule has 7 nitrogen and oxygen atoms in total. The number of halogens is 6. The number of nitrogens with zero attached hydrogens (tertiary/aromatic N) is 3. The van der Waals surface area contributed by atoms with Crippen LogP contribution in [-0.2, 0) is 60.6 Å². The van der Waals surface area contributed by atoms with Gasteiger partial charge < -0.3 is 27.9 Å². The summed E-state index contributed by atoms with van der Waals surface area (Å²) in [6.07, 6.45) is 0. The fourth-order valence-corrected chi connectivity index (χ4v) is 0. The van der Waals surface area contributed by atoms with Gasteiger partial charge in [0.25, 0.3) is 0 Å². The van der Waals surface area contributed by atoms with Gasteiger partial charge in [-0.05, 0) is 0 Å². The van der Waals surface area contributed by atoms with Crippen LogP contribution in [-0.4, -0.2) is 11.0 Å². The van der Waals surface area contributed by atoms with Crippen LogP contribution >= 0.6 is 0 Å². The van der Waals surface area contributed by atoms with Crippen molar-refractivity contribution < 1.29 is 65.6 Å². The summed E-state index contributed by atoms with van der Waals surface area (Å²) in [5, 5.41) is 0. The minimum absolute atomic E-state index is 0. The van der Waals surface area contributed by atoms with Gasteiger partial charge in [0, 0.05) is 43.8 Å². The van der Waals surface area contributed by atoms with E-state index in [0.29, 0.717) is 0 Å². The molecule has 0 aliphatic carbocycles. The van der Waals surface area contributed by atoms with Crippen molar-refractivity contribution in [3.8, 4) is 0 Å². The topological polar surface area (TPSA) is 127 Å². The number of rotatable bonds is 0. The van der Waals surface area contributed by atoms with Crippen molar-refractivity contribution in [1.82, 2.24) is 0 Å². The zero-order chi connectivity index (χ0) is 14.9. The van der Waals surface area contributed by atoms with E-state index in [1.807, 2.05) is 0 Å². The van der Waals surface area contributed by atoms with E-state index in [9.17, 15) is 26.3 Å². The molecule has 0 spiro atoms. The summed E-state index contributed by atoms with van der Waals surface area (Å²) in [4.78, 5) is 1.50. The predicted molar refractivity (Wildman–Crippen MR) is 39.7 cm³/mol. The molecule has 0 atom stereocenters. The van der Waals surface area contributed by atoms with Crippen molar-refractivity contribution in [2.45, 2.75) is 11.0 Å². The molecule has 0 aliphatic heterocycles. The van der Waals surface area contributed by atoms with Gasteiger partial charge in [-0.1, -0.05) is 0 Å². The van der Waals surface area contributed by atoms with Crippen LogP contribution in [0.3, 0.4) is 0 Å². The molecule has 18 heavy (non-hydrogen) atoms. The van der Waals surface area contributed by atoms with Gasteiger partial charge >= 0.3 is 11.0 Å². The molecule has 0 N–H and O–H groups in total. The van der Waals surface area contributed by atoms with Gasteiger partial charge in [-0.2, -0.15) is 26.3 Å². The molecule has 0 aromatic carbocycles. The molecule has 16 heteroatoms. The zero-order valence-electron chi connectivity index (χ0n) is 7.36. The molecule has 0 aromatic rings. The Morgan fingerprint density at radius 3 is 0.778 bits per heavy atom. The van der Waals surface area contributed by atoms with Crippen LogP contribution in [0.4, 0.5) is 26.3 Å². The predicted octanol–water partition coefficient (Wildman–Crippen LogP) is 2.49. The standard InChI is InChI=1S/2CF3O2S.Ag.N3/c2*2-1(3,4)7(5)6;;1-3-2/q2*-1;;-1. The van der Waals surface area contributed by atoms with Gasteiger partial charge in [0.05, 0.1) is 0 Å². The van der Waals surface area contributed by atoms with E-state index >= 15 is 0 Å². The molecule has 0 saturated heterocycles. The van der Waals surface area contributed by atoms with Gasteiger partial charge in [-0.3, -0.25) is 4.91 Å². The van der Waals surface area contributed by atoms with Gasteiger partial charge in [0.1, 0.15) is 0 Å². The molecular formula is C2AgF6N3O4S2-3. The zero-order valence-corrected chi connectivity index (χ0v) is 10.5. The maximum Gasteiger partial charge on any atom is 0.373 e. The van der Waals surface area contributed by atoms with Crippen molar-refractivity contribution in [2.24, 2.45) is 0 Å². The van der Waals surface area contributed by atoms with Gasteiger partial charge in [0.15, 0.2) is 0 Å². The molecule has 0 aliphatic rings. The smallest absolute Gasteiger partial charge is 0.373 e. The van der Waals surface area contributed by atoms with E-state index in [4.69, 9.17) is 27.9 Å². The minimum Gasteiger partial charge on any atom is -0.416 e. The van der Waals surface area contributed by atoms with E-state index in [1.165, 1.54) is 4.91 Å². The van der Waals surface area contributed by atoms with Crippen molar-refractivity contribution in [1.29, 1.82) is 0 Å². The van der Waals surface area contributed by atoms with Crippen LogP contribution in [0.1, 0.15) is 0 Å². The molecule has 0 amide bonds. The molecule has 0 aromatic heterocycles. The minimum atomic E-state index is -5.08. The Balaban J connectivity index is -0.0000000857. The van der Waals surface area contributed by atoms with E-state index < -0.39 is 32.4 Å². The van der Waals surface area contributed by atoms with Crippen molar-refractivity contribution in [3.05, 3.63) is 16.0 Å². The van der Waals surface area contributed by atoms with Crippen molar-refractivity contribution in [2.75, 3.05) is 0 Å². The van der Waals surface area contributed by atoms with Crippen LogP contribution in [0.5, 0.6) is 0 Å². The average Bonchev–Trinajstić information content (AvgIpc) is 2.02. The second-order valence-corrected chi connectivity index (χ2v) is 3.31. The fraction of sp³-hybridized carbons (Fsp3) is 1.00. The first-order chi connectivity index (χ1) is 7.30. The van der Waals surface area contributed by atoms with Crippen molar-refractivity contribution >= 4 is 21.4 Å². The summed E-state index contributed by atoms with van der Waals surface area (Å²) in [5.74, 6) is 0. The third kappa shape index (κ3) is 24.7. The third-order valence-electron chi connectivity index (χ3n) is 0.378. The molecule has 0 fully saturated rings. The quantitative estimate of drug-likeness (QED) is 0.150. The Morgan fingerprint density at radius 2 is 0.778 bits per heavy atom. The van der Waals surface area contributed by atoms with Crippen LogP contribution in [0, 0.1) is 0 Å². The second-order valence-electron chi connectivity index (χ2n) is 1.45. The Hall–Kier alpha value is -0.470. The van der Waals surface area contributed by atoms with E-state index in [2.05, 4.69) is 0 Å². The molecular weight excluding hydrogens is 416 g/mol. The van der Waals surface area contributed by atoms with Crippen LogP contribution in [0.2, 0.25) is 0 Å². The van der Waals surface area contributed by atoms with E-state index in [1.54, 1.807) is 0 Å². The molecule has 0 bridgehead atoms. The maximum atomic E-state index is 10.6. The first-order valence-corrected chi connectivity index (χ1v) is 4.76. The monoisotopic (exact) mass is 415 g/mol. The summed E-state index contributed by atoms with van der Waals surface area (Å²) in [6, 6.07) is 0. The fourth-order valence-electron chi connectivity index (χ4n) is 0. The maximum absolute atomic E-state index is 10.6. The summed E-state index contributed by atoms with van der Waals surface area (Å²) in [7, 11) is -7.87. The SMILES string of the molecule is O=[S-](=O)C(F)(F)F.O=[S-](=O)C(F)(F)F.[Ag].[N-]=[N+]=[N-]. The Kier molecular flexibility index (Phi) is 16.9. The molecule has 0 saturated carbocycles. The van der Waals surface area contributed by atoms with E-state index in [0.717, 1.165) is 0 Å². The van der Waals surface area contributed by atoms with Gasteiger partial charge in [-0.15, -0.1) is 0 Å². The van der Waals surface area contributed by atoms with Gasteiger partial charge in [-0.25, -0.2) is 0 Å². The van der Waals surface area contributed by atoms with E-state index in [-0.39, 0.29) is 22.4 Å². The van der Waals surface area contributed by atoms with Crippen LogP contribution < -0.4 is 0 Å². The second kappa shape index (κ2) is 11.6. The Bertz CT molecular complexity index is 345. The van der Waals surface area contributed by atoms with Crippen molar-refractivity contribution in [3.63, 3.8) is 0 Å². The molecule has 115 valence electrons. The summed E-state index contributed by atoms with van der Waals surface area (Å²) < 4.78 is 99.0. The number of alkyl halides is 6. The average molecular weight is 416 g/mol. The number of hydrogen-bond donors (Lipinski definition) is 0. The summed E-state index contributed by atoms with van der Waals surface area (Å²) >= 11 is 0. The normalized spacial score (nSPS) is 10.2. The first-order valence-electron chi connectivity index (χ1n) is 2.61. The van der Waals surface area contributed by atoms with Gasteiger partial charge in [0.2, 0.25) is 0 Å². The number of hydrogen-bond acceptors (Lipinski definition) is 6. The molecule has 0 rings (SSSR count). The summed E-state index contributed by atoms with van der Waals surface area (Å²) in [6.45, 7) is 0. The van der Waals surface area contributed by atoms with Crippen LogP contribution in [0.15, 0.2) is 0 Å². The Morgan fingerprint density at radius 1 is 0.722 bits per heavy atom.